The molecule has 0 unspecified atom stereocenters. The number of nitrogens with zero attached hydrogens (tertiary/aromatic N) is 2. The van der Waals surface area contributed by atoms with E-state index in [4.69, 9.17) is 9.47 Å². The zero-order valence-electron chi connectivity index (χ0n) is 19.4. The van der Waals surface area contributed by atoms with Crippen LogP contribution in [0.15, 0.2) is 72.9 Å². The molecule has 1 saturated heterocycles. The van der Waals surface area contributed by atoms with Gasteiger partial charge >= 0.3 is 0 Å². The first-order valence-corrected chi connectivity index (χ1v) is 11.7. The lowest BCUT2D eigenvalue weighted by atomic mass is 9.84. The number of aliphatic hydroxyl groups excluding tert-OH is 1. The van der Waals surface area contributed by atoms with Crippen LogP contribution in [-0.2, 0) is 5.60 Å². The fourth-order valence-electron chi connectivity index (χ4n) is 4.68. The molecule has 176 valence electrons. The molecule has 2 heterocycles. The third kappa shape index (κ3) is 4.85. The molecule has 1 fully saturated rings. The van der Waals surface area contributed by atoms with E-state index in [0.717, 1.165) is 38.7 Å². The van der Waals surface area contributed by atoms with Crippen LogP contribution in [-0.4, -0.2) is 59.6 Å². The summed E-state index contributed by atoms with van der Waals surface area (Å²) >= 11 is 0. The lowest BCUT2D eigenvalue weighted by Crippen LogP contribution is -2.46. The third-order valence-electron chi connectivity index (χ3n) is 6.74. The van der Waals surface area contributed by atoms with Gasteiger partial charge in [-0.2, -0.15) is 0 Å². The lowest BCUT2D eigenvalue weighted by molar-refractivity contribution is -0.0373. The van der Waals surface area contributed by atoms with Crippen LogP contribution in [0.1, 0.15) is 18.4 Å². The monoisotopic (exact) mass is 458 g/mol. The van der Waals surface area contributed by atoms with Gasteiger partial charge in [0.1, 0.15) is 24.2 Å². The van der Waals surface area contributed by atoms with Gasteiger partial charge < -0.3 is 24.6 Å². The Morgan fingerprint density at radius 1 is 0.941 bits per heavy atom. The van der Waals surface area contributed by atoms with Crippen molar-refractivity contribution in [3.05, 3.63) is 78.5 Å². The van der Waals surface area contributed by atoms with Crippen LogP contribution in [0.25, 0.3) is 21.7 Å². The van der Waals surface area contributed by atoms with Gasteiger partial charge in [0.2, 0.25) is 0 Å². The van der Waals surface area contributed by atoms with E-state index in [9.17, 15) is 10.2 Å². The molecule has 4 aromatic rings. The van der Waals surface area contributed by atoms with Crippen LogP contribution in [0.3, 0.4) is 0 Å². The average molecular weight is 459 g/mol. The van der Waals surface area contributed by atoms with E-state index in [2.05, 4.69) is 9.88 Å². The van der Waals surface area contributed by atoms with Crippen molar-refractivity contribution in [2.24, 2.45) is 0 Å². The second kappa shape index (κ2) is 9.58. The van der Waals surface area contributed by atoms with Crippen LogP contribution < -0.4 is 9.47 Å². The Balaban J connectivity index is 1.14. The van der Waals surface area contributed by atoms with Gasteiger partial charge in [-0.3, -0.25) is 4.98 Å². The molecule has 0 spiro atoms. The van der Waals surface area contributed by atoms with Gasteiger partial charge in [-0.25, -0.2) is 0 Å². The van der Waals surface area contributed by atoms with E-state index in [1.54, 1.807) is 13.3 Å². The molecule has 0 saturated carbocycles. The van der Waals surface area contributed by atoms with Gasteiger partial charge in [-0.1, -0.05) is 30.3 Å². The molecule has 1 atom stereocenters. The SMILES string of the molecule is COc1ccc2cc(OC[C@@H](O)CN3CCC(O)(c4cnc5ccccc5c4)CC3)ccc2c1. The van der Waals surface area contributed by atoms with E-state index >= 15 is 0 Å². The number of pyridine rings is 1. The summed E-state index contributed by atoms with van der Waals surface area (Å²) in [4.78, 5) is 6.70. The van der Waals surface area contributed by atoms with E-state index in [0.29, 0.717) is 32.5 Å². The quantitative estimate of drug-likeness (QED) is 0.434. The number of piperidine rings is 1. The van der Waals surface area contributed by atoms with E-state index in [-0.39, 0.29) is 6.61 Å². The minimum Gasteiger partial charge on any atom is -0.497 e. The molecule has 0 radical (unpaired) electrons. The molecular formula is C28H30N2O4. The molecule has 3 aromatic carbocycles. The second-order valence-electron chi connectivity index (χ2n) is 9.09. The number of rotatable bonds is 7. The predicted molar refractivity (Wildman–Crippen MR) is 133 cm³/mol. The van der Waals surface area contributed by atoms with Gasteiger partial charge in [-0.15, -0.1) is 0 Å². The number of aromatic nitrogens is 1. The van der Waals surface area contributed by atoms with Gasteiger partial charge in [0.05, 0.1) is 18.2 Å². The smallest absolute Gasteiger partial charge is 0.120 e. The van der Waals surface area contributed by atoms with Gasteiger partial charge in [0.15, 0.2) is 0 Å². The molecule has 5 rings (SSSR count). The fraction of sp³-hybridized carbons (Fsp3) is 0.321. The van der Waals surface area contributed by atoms with Crippen molar-refractivity contribution in [2.45, 2.75) is 24.5 Å². The van der Waals surface area contributed by atoms with E-state index < -0.39 is 11.7 Å². The molecule has 1 aliphatic rings. The number of hydrogen-bond acceptors (Lipinski definition) is 6. The van der Waals surface area contributed by atoms with Gasteiger partial charge in [0, 0.05) is 36.8 Å². The van der Waals surface area contributed by atoms with Crippen LogP contribution in [0.4, 0.5) is 0 Å². The lowest BCUT2D eigenvalue weighted by Gasteiger charge is -2.39. The first-order chi connectivity index (χ1) is 16.5. The standard InChI is InChI=1S/C28H30N2O4/c1-33-25-8-6-21-16-26(9-7-20(21)15-25)34-19-24(31)18-30-12-10-28(32,11-13-30)23-14-22-4-2-3-5-27(22)29-17-23/h2-9,14-17,24,31-32H,10-13,18-19H2,1H3/t24-/m0/s1. The highest BCUT2D eigenvalue weighted by Crippen LogP contribution is 2.34. The predicted octanol–water partition coefficient (Wildman–Crippen LogP) is 4.12. The molecule has 6 heteroatoms. The Labute approximate surface area is 199 Å². The molecule has 0 aliphatic carbocycles. The number of para-hydroxylation sites is 1. The Bertz CT molecular complexity index is 1280. The summed E-state index contributed by atoms with van der Waals surface area (Å²) in [6.45, 7) is 2.14. The number of aliphatic hydroxyl groups is 2. The van der Waals surface area contributed by atoms with Crippen molar-refractivity contribution in [3.63, 3.8) is 0 Å². The molecule has 0 bridgehead atoms. The highest BCUT2D eigenvalue weighted by Gasteiger charge is 2.34. The molecular weight excluding hydrogens is 428 g/mol. The maximum atomic E-state index is 11.3. The minimum atomic E-state index is -0.886. The number of likely N-dealkylation sites (tertiary alicyclic amines) is 1. The molecule has 1 aromatic heterocycles. The molecule has 0 amide bonds. The number of fused-ring (bicyclic) bond motifs is 2. The second-order valence-corrected chi connectivity index (χ2v) is 9.09. The van der Waals surface area contributed by atoms with Crippen LogP contribution in [0.5, 0.6) is 11.5 Å². The van der Waals surface area contributed by atoms with Crippen molar-refractivity contribution in [1.29, 1.82) is 0 Å². The fourth-order valence-corrected chi connectivity index (χ4v) is 4.68. The van der Waals surface area contributed by atoms with Crippen molar-refractivity contribution in [3.8, 4) is 11.5 Å². The summed E-state index contributed by atoms with van der Waals surface area (Å²) in [6, 6.07) is 21.8. The van der Waals surface area contributed by atoms with Crippen molar-refractivity contribution in [1.82, 2.24) is 9.88 Å². The number of benzene rings is 3. The average Bonchev–Trinajstić information content (AvgIpc) is 2.88. The Kier molecular flexibility index (Phi) is 6.37. The molecule has 1 aliphatic heterocycles. The van der Waals surface area contributed by atoms with Crippen molar-refractivity contribution >= 4 is 21.7 Å². The summed E-state index contributed by atoms with van der Waals surface area (Å²) in [6.07, 6.45) is 2.39. The summed E-state index contributed by atoms with van der Waals surface area (Å²) in [5, 5.41) is 25.0. The number of hydrogen-bond donors (Lipinski definition) is 2. The maximum Gasteiger partial charge on any atom is 0.120 e. The highest BCUT2D eigenvalue weighted by molar-refractivity contribution is 5.85. The first kappa shape index (κ1) is 22.6. The zero-order valence-corrected chi connectivity index (χ0v) is 19.4. The summed E-state index contributed by atoms with van der Waals surface area (Å²) in [5.41, 5.74) is 0.910. The van der Waals surface area contributed by atoms with Crippen LogP contribution in [0.2, 0.25) is 0 Å². The van der Waals surface area contributed by atoms with Gasteiger partial charge in [0.25, 0.3) is 0 Å². The number of ether oxygens (including phenoxy) is 2. The van der Waals surface area contributed by atoms with Crippen LogP contribution >= 0.6 is 0 Å². The maximum absolute atomic E-state index is 11.3. The highest BCUT2D eigenvalue weighted by atomic mass is 16.5. The Hall–Kier alpha value is -3.19. The molecule has 2 N–H and O–H groups in total. The Morgan fingerprint density at radius 3 is 2.41 bits per heavy atom. The zero-order chi connectivity index (χ0) is 23.5. The van der Waals surface area contributed by atoms with Gasteiger partial charge in [-0.05, 0) is 60.0 Å². The van der Waals surface area contributed by atoms with Crippen molar-refractivity contribution in [2.75, 3.05) is 33.4 Å². The van der Waals surface area contributed by atoms with Crippen molar-refractivity contribution < 1.29 is 19.7 Å². The Morgan fingerprint density at radius 2 is 1.65 bits per heavy atom. The topological polar surface area (TPSA) is 75.0 Å². The summed E-state index contributed by atoms with van der Waals surface area (Å²) in [5.74, 6) is 1.55. The summed E-state index contributed by atoms with van der Waals surface area (Å²) < 4.78 is 11.1. The molecule has 34 heavy (non-hydrogen) atoms. The number of β-amino-alcohol motifs (C(OH)–C–C–N with tert-alkyl or cyclic N) is 1. The largest absolute Gasteiger partial charge is 0.497 e. The third-order valence-corrected chi connectivity index (χ3v) is 6.74. The number of methoxy groups -OCH3 is 1. The minimum absolute atomic E-state index is 0.219. The normalized spacial score (nSPS) is 17.0. The van der Waals surface area contributed by atoms with E-state index in [1.807, 2.05) is 66.7 Å². The molecule has 6 nitrogen and oxygen atoms in total. The van der Waals surface area contributed by atoms with E-state index in [1.165, 1.54) is 0 Å². The van der Waals surface area contributed by atoms with Crippen LogP contribution in [0, 0.1) is 0 Å². The first-order valence-electron chi connectivity index (χ1n) is 11.7. The summed E-state index contributed by atoms with van der Waals surface area (Å²) in [7, 11) is 1.66.